The summed E-state index contributed by atoms with van der Waals surface area (Å²) in [5.41, 5.74) is 3.64. The lowest BCUT2D eigenvalue weighted by molar-refractivity contribution is 0.726. The predicted molar refractivity (Wildman–Crippen MR) is 92.0 cm³/mol. The number of hydrogen-bond acceptors (Lipinski definition) is 2. The second-order valence-electron chi connectivity index (χ2n) is 5.06. The Kier molecular flexibility index (Phi) is 6.09. The third-order valence-electron chi connectivity index (χ3n) is 3.57. The zero-order chi connectivity index (χ0) is 15.1. The molecule has 2 nitrogen and oxygen atoms in total. The lowest BCUT2D eigenvalue weighted by atomic mass is 10.1. The molecule has 2 rings (SSSR count). The minimum atomic E-state index is 0.820. The van der Waals surface area contributed by atoms with Gasteiger partial charge in [0, 0.05) is 30.3 Å². The number of hydrogen-bond donors (Lipinski definition) is 1. The molecule has 0 bridgehead atoms. The van der Waals surface area contributed by atoms with Gasteiger partial charge in [0.05, 0.1) is 0 Å². The summed E-state index contributed by atoms with van der Waals surface area (Å²) in [6, 6.07) is 16.9. The molecule has 0 aromatic heterocycles. The van der Waals surface area contributed by atoms with Crippen molar-refractivity contribution in [3.8, 4) is 0 Å². The van der Waals surface area contributed by atoms with Gasteiger partial charge < -0.3 is 10.2 Å². The fourth-order valence-corrected chi connectivity index (χ4v) is 2.57. The van der Waals surface area contributed by atoms with Gasteiger partial charge in [-0.1, -0.05) is 54.9 Å². The lowest BCUT2D eigenvalue weighted by Gasteiger charge is -2.24. The van der Waals surface area contributed by atoms with Crippen molar-refractivity contribution in [3.63, 3.8) is 0 Å². The van der Waals surface area contributed by atoms with E-state index in [4.69, 9.17) is 11.6 Å². The molecule has 2 aromatic rings. The molecule has 0 aliphatic heterocycles. The summed E-state index contributed by atoms with van der Waals surface area (Å²) >= 11 is 6.40. The van der Waals surface area contributed by atoms with Gasteiger partial charge in [0.2, 0.25) is 0 Å². The van der Waals surface area contributed by atoms with Crippen LogP contribution in [0.15, 0.2) is 48.5 Å². The predicted octanol–water partition coefficient (Wildman–Crippen LogP) is 4.48. The van der Waals surface area contributed by atoms with Crippen molar-refractivity contribution in [1.82, 2.24) is 5.32 Å². The highest BCUT2D eigenvalue weighted by atomic mass is 35.5. The molecule has 112 valence electrons. The van der Waals surface area contributed by atoms with Gasteiger partial charge in [-0.05, 0) is 36.7 Å². The van der Waals surface area contributed by atoms with Gasteiger partial charge in [-0.3, -0.25) is 0 Å². The molecule has 0 unspecified atom stereocenters. The van der Waals surface area contributed by atoms with Crippen LogP contribution in [0, 0.1) is 0 Å². The largest absolute Gasteiger partial charge is 0.367 e. The van der Waals surface area contributed by atoms with Crippen molar-refractivity contribution in [3.05, 3.63) is 64.7 Å². The molecule has 3 heteroatoms. The van der Waals surface area contributed by atoms with E-state index < -0.39 is 0 Å². The number of rotatable bonds is 7. The third-order valence-corrected chi connectivity index (χ3v) is 3.92. The van der Waals surface area contributed by atoms with Crippen molar-refractivity contribution in [2.45, 2.75) is 26.9 Å². The Hall–Kier alpha value is -1.51. The summed E-state index contributed by atoms with van der Waals surface area (Å²) in [5, 5.41) is 4.14. The van der Waals surface area contributed by atoms with Gasteiger partial charge in [-0.25, -0.2) is 0 Å². The van der Waals surface area contributed by atoms with Crippen LogP contribution in [0.25, 0.3) is 0 Å². The van der Waals surface area contributed by atoms with E-state index in [2.05, 4.69) is 66.5 Å². The molecule has 0 aliphatic rings. The van der Waals surface area contributed by atoms with Crippen LogP contribution in [0.4, 0.5) is 5.69 Å². The summed E-state index contributed by atoms with van der Waals surface area (Å²) in [5.74, 6) is 0. The molecule has 0 heterocycles. The minimum absolute atomic E-state index is 0.820. The fourth-order valence-electron chi connectivity index (χ4n) is 2.33. The average molecular weight is 303 g/mol. The monoisotopic (exact) mass is 302 g/mol. The highest BCUT2D eigenvalue weighted by Crippen LogP contribution is 2.25. The maximum atomic E-state index is 6.40. The zero-order valence-electron chi connectivity index (χ0n) is 12.8. The molecule has 0 spiro atoms. The van der Waals surface area contributed by atoms with Gasteiger partial charge in [-0.15, -0.1) is 0 Å². The first-order valence-electron chi connectivity index (χ1n) is 7.52. The van der Waals surface area contributed by atoms with Crippen LogP contribution in [0.1, 0.15) is 25.0 Å². The molecule has 0 amide bonds. The van der Waals surface area contributed by atoms with E-state index in [9.17, 15) is 0 Å². The fraction of sp³-hybridized carbons (Fsp3) is 0.333. The molecule has 2 aromatic carbocycles. The average Bonchev–Trinajstić information content (AvgIpc) is 2.52. The van der Waals surface area contributed by atoms with E-state index in [-0.39, 0.29) is 0 Å². The summed E-state index contributed by atoms with van der Waals surface area (Å²) in [7, 11) is 0. The van der Waals surface area contributed by atoms with E-state index in [0.29, 0.717) is 0 Å². The van der Waals surface area contributed by atoms with E-state index >= 15 is 0 Å². The van der Waals surface area contributed by atoms with Gasteiger partial charge >= 0.3 is 0 Å². The van der Waals surface area contributed by atoms with Crippen LogP contribution in [0.2, 0.25) is 5.02 Å². The van der Waals surface area contributed by atoms with Gasteiger partial charge in [-0.2, -0.15) is 0 Å². The molecule has 0 aliphatic carbocycles. The van der Waals surface area contributed by atoms with Gasteiger partial charge in [0.25, 0.3) is 0 Å². The molecular formula is C18H23ClN2. The summed E-state index contributed by atoms with van der Waals surface area (Å²) in [6.07, 6.45) is 0. The molecule has 1 N–H and O–H groups in total. The summed E-state index contributed by atoms with van der Waals surface area (Å²) < 4.78 is 0. The van der Waals surface area contributed by atoms with E-state index in [1.165, 1.54) is 11.3 Å². The van der Waals surface area contributed by atoms with Gasteiger partial charge in [0.15, 0.2) is 0 Å². The zero-order valence-corrected chi connectivity index (χ0v) is 13.5. The molecule has 0 fully saturated rings. The SMILES string of the molecule is CCNCc1ccc(N(CC)Cc2ccccc2)cc1Cl. The molecule has 21 heavy (non-hydrogen) atoms. The van der Waals surface area contributed by atoms with Crippen LogP contribution in [0.5, 0.6) is 0 Å². The minimum Gasteiger partial charge on any atom is -0.367 e. The standard InChI is InChI=1S/C18H23ClN2/c1-3-20-13-16-10-11-17(12-18(16)19)21(4-2)14-15-8-6-5-7-9-15/h5-12,20H,3-4,13-14H2,1-2H3. The molecule has 0 atom stereocenters. The van der Waals surface area contributed by atoms with E-state index in [1.54, 1.807) is 0 Å². The van der Waals surface area contributed by atoms with E-state index in [1.807, 2.05) is 6.07 Å². The number of nitrogens with one attached hydrogen (secondary N) is 1. The Balaban J connectivity index is 2.13. The van der Waals surface area contributed by atoms with Crippen molar-refractivity contribution in [2.75, 3.05) is 18.0 Å². The second-order valence-corrected chi connectivity index (χ2v) is 5.46. The Bertz CT molecular complexity index is 554. The van der Waals surface area contributed by atoms with Crippen LogP contribution >= 0.6 is 11.6 Å². The topological polar surface area (TPSA) is 15.3 Å². The van der Waals surface area contributed by atoms with Crippen LogP contribution in [0.3, 0.4) is 0 Å². The smallest absolute Gasteiger partial charge is 0.0471 e. The molecule has 0 saturated heterocycles. The lowest BCUT2D eigenvalue weighted by Crippen LogP contribution is -2.22. The second kappa shape index (κ2) is 8.06. The quantitative estimate of drug-likeness (QED) is 0.811. The highest BCUT2D eigenvalue weighted by molar-refractivity contribution is 6.31. The maximum Gasteiger partial charge on any atom is 0.0471 e. The van der Waals surface area contributed by atoms with Crippen molar-refractivity contribution in [2.24, 2.45) is 0 Å². The summed E-state index contributed by atoms with van der Waals surface area (Å²) in [6.45, 7) is 7.90. The number of anilines is 1. The maximum absolute atomic E-state index is 6.40. The first-order valence-corrected chi connectivity index (χ1v) is 7.90. The van der Waals surface area contributed by atoms with E-state index in [0.717, 1.165) is 36.8 Å². The van der Waals surface area contributed by atoms with Crippen LogP contribution < -0.4 is 10.2 Å². The highest BCUT2D eigenvalue weighted by Gasteiger charge is 2.08. The Labute approximate surface area is 132 Å². The summed E-state index contributed by atoms with van der Waals surface area (Å²) in [4.78, 5) is 2.33. The number of benzene rings is 2. The van der Waals surface area contributed by atoms with Crippen molar-refractivity contribution in [1.29, 1.82) is 0 Å². The molecule has 0 saturated carbocycles. The third kappa shape index (κ3) is 4.48. The molecule has 0 radical (unpaired) electrons. The normalized spacial score (nSPS) is 10.6. The van der Waals surface area contributed by atoms with Crippen LogP contribution in [-0.2, 0) is 13.1 Å². The van der Waals surface area contributed by atoms with Gasteiger partial charge in [0.1, 0.15) is 0 Å². The number of nitrogens with zero attached hydrogens (tertiary/aromatic N) is 1. The first-order chi connectivity index (χ1) is 10.2. The van der Waals surface area contributed by atoms with Crippen molar-refractivity contribution >= 4 is 17.3 Å². The van der Waals surface area contributed by atoms with Crippen molar-refractivity contribution < 1.29 is 0 Å². The van der Waals surface area contributed by atoms with Crippen LogP contribution in [-0.4, -0.2) is 13.1 Å². The first kappa shape index (κ1) is 15.9. The Morgan fingerprint density at radius 1 is 1.05 bits per heavy atom. The number of halogens is 1. The Morgan fingerprint density at radius 2 is 1.81 bits per heavy atom. The molecular weight excluding hydrogens is 280 g/mol. The Morgan fingerprint density at radius 3 is 2.43 bits per heavy atom.